The van der Waals surface area contributed by atoms with Crippen LogP contribution in [0, 0.1) is 5.82 Å². The van der Waals surface area contributed by atoms with Gasteiger partial charge in [-0.05, 0) is 52.3 Å². The molecule has 2 aromatic rings. The van der Waals surface area contributed by atoms with Crippen molar-refractivity contribution in [2.24, 2.45) is 0 Å². The first kappa shape index (κ1) is 14.0. The second kappa shape index (κ2) is 5.71. The molecule has 19 heavy (non-hydrogen) atoms. The lowest BCUT2D eigenvalue weighted by molar-refractivity contribution is 0.102. The summed E-state index contributed by atoms with van der Waals surface area (Å²) in [4.78, 5) is 12.1. The molecule has 2 aromatic carbocycles. The molecule has 0 spiro atoms. The SMILES string of the molecule is Nc1ccc(Br)cc1C(=O)Nc1ccc(F)cc1Br. The summed E-state index contributed by atoms with van der Waals surface area (Å²) in [5, 5.41) is 2.67. The van der Waals surface area contributed by atoms with Crippen LogP contribution in [0.25, 0.3) is 0 Å². The van der Waals surface area contributed by atoms with Gasteiger partial charge in [0.25, 0.3) is 5.91 Å². The van der Waals surface area contributed by atoms with Gasteiger partial charge in [0.1, 0.15) is 5.82 Å². The third kappa shape index (κ3) is 3.33. The number of nitrogen functional groups attached to an aromatic ring is 1. The number of amides is 1. The van der Waals surface area contributed by atoms with Crippen LogP contribution in [-0.4, -0.2) is 5.91 Å². The Labute approximate surface area is 126 Å². The molecule has 1 amide bonds. The second-order valence-electron chi connectivity index (χ2n) is 3.81. The number of benzene rings is 2. The van der Waals surface area contributed by atoms with Crippen molar-refractivity contribution in [3.8, 4) is 0 Å². The molecule has 0 radical (unpaired) electrons. The number of carbonyl (C=O) groups excluding carboxylic acids is 1. The van der Waals surface area contributed by atoms with E-state index in [0.717, 1.165) is 4.47 Å². The first-order valence-electron chi connectivity index (χ1n) is 5.29. The van der Waals surface area contributed by atoms with E-state index in [2.05, 4.69) is 37.2 Å². The zero-order valence-corrected chi connectivity index (χ0v) is 12.8. The summed E-state index contributed by atoms with van der Waals surface area (Å²) in [5.74, 6) is -0.738. The van der Waals surface area contributed by atoms with Gasteiger partial charge in [0.15, 0.2) is 0 Å². The van der Waals surface area contributed by atoms with Gasteiger partial charge >= 0.3 is 0 Å². The molecule has 3 N–H and O–H groups in total. The van der Waals surface area contributed by atoms with E-state index in [1.165, 1.54) is 18.2 Å². The third-order valence-corrected chi connectivity index (χ3v) is 3.59. The molecular weight excluding hydrogens is 379 g/mol. The zero-order chi connectivity index (χ0) is 14.0. The zero-order valence-electron chi connectivity index (χ0n) is 9.58. The molecular formula is C13H9Br2FN2O. The lowest BCUT2D eigenvalue weighted by Crippen LogP contribution is -2.14. The number of carbonyl (C=O) groups is 1. The highest BCUT2D eigenvalue weighted by atomic mass is 79.9. The molecule has 0 bridgehead atoms. The summed E-state index contributed by atoms with van der Waals surface area (Å²) in [6, 6.07) is 9.04. The van der Waals surface area contributed by atoms with E-state index in [1.807, 2.05) is 0 Å². The fourth-order valence-corrected chi connectivity index (χ4v) is 2.32. The minimum absolute atomic E-state index is 0.352. The fourth-order valence-electron chi connectivity index (χ4n) is 1.51. The highest BCUT2D eigenvalue weighted by molar-refractivity contribution is 9.10. The lowest BCUT2D eigenvalue weighted by Gasteiger charge is -2.09. The summed E-state index contributed by atoms with van der Waals surface area (Å²) in [6.07, 6.45) is 0. The second-order valence-corrected chi connectivity index (χ2v) is 5.58. The topological polar surface area (TPSA) is 55.1 Å². The highest BCUT2D eigenvalue weighted by Gasteiger charge is 2.12. The van der Waals surface area contributed by atoms with Crippen LogP contribution < -0.4 is 11.1 Å². The highest BCUT2D eigenvalue weighted by Crippen LogP contribution is 2.25. The number of hydrogen-bond acceptors (Lipinski definition) is 2. The molecule has 2 rings (SSSR count). The van der Waals surface area contributed by atoms with Gasteiger partial charge in [-0.25, -0.2) is 4.39 Å². The molecule has 0 saturated carbocycles. The van der Waals surface area contributed by atoms with Gasteiger partial charge in [-0.1, -0.05) is 15.9 Å². The van der Waals surface area contributed by atoms with Crippen LogP contribution in [0.1, 0.15) is 10.4 Å². The van der Waals surface area contributed by atoms with Crippen molar-refractivity contribution in [1.29, 1.82) is 0 Å². The Morgan fingerprint density at radius 1 is 1.16 bits per heavy atom. The van der Waals surface area contributed by atoms with Crippen LogP contribution in [0.15, 0.2) is 45.3 Å². The number of nitrogens with two attached hydrogens (primary N) is 1. The molecule has 0 aromatic heterocycles. The molecule has 0 heterocycles. The Hall–Kier alpha value is -1.40. The van der Waals surface area contributed by atoms with Gasteiger partial charge < -0.3 is 11.1 Å². The van der Waals surface area contributed by atoms with Gasteiger partial charge in [0.05, 0.1) is 11.3 Å². The van der Waals surface area contributed by atoms with Crippen molar-refractivity contribution in [3.05, 3.63) is 56.7 Å². The van der Waals surface area contributed by atoms with Crippen molar-refractivity contribution in [1.82, 2.24) is 0 Å². The number of rotatable bonds is 2. The van der Waals surface area contributed by atoms with Crippen LogP contribution >= 0.6 is 31.9 Å². The van der Waals surface area contributed by atoms with Crippen molar-refractivity contribution in [3.63, 3.8) is 0 Å². The van der Waals surface area contributed by atoms with Crippen molar-refractivity contribution in [2.45, 2.75) is 0 Å². The van der Waals surface area contributed by atoms with Gasteiger partial charge in [-0.3, -0.25) is 4.79 Å². The molecule has 6 heteroatoms. The maximum atomic E-state index is 13.0. The predicted octanol–water partition coefficient (Wildman–Crippen LogP) is 4.19. The minimum Gasteiger partial charge on any atom is -0.398 e. The van der Waals surface area contributed by atoms with Crippen LogP contribution in [-0.2, 0) is 0 Å². The first-order valence-corrected chi connectivity index (χ1v) is 6.87. The lowest BCUT2D eigenvalue weighted by atomic mass is 10.1. The van der Waals surface area contributed by atoms with Crippen LogP contribution in [0.5, 0.6) is 0 Å². The van der Waals surface area contributed by atoms with Gasteiger partial charge in [0.2, 0.25) is 0 Å². The van der Waals surface area contributed by atoms with E-state index in [-0.39, 0.29) is 11.7 Å². The van der Waals surface area contributed by atoms with Crippen molar-refractivity contribution < 1.29 is 9.18 Å². The first-order chi connectivity index (χ1) is 8.97. The molecule has 0 atom stereocenters. The number of anilines is 2. The standard InChI is InChI=1S/C13H9Br2FN2O/c14-7-1-3-11(17)9(5-7)13(19)18-12-4-2-8(16)6-10(12)15/h1-6H,17H2,(H,18,19). The third-order valence-electron chi connectivity index (χ3n) is 2.44. The predicted molar refractivity (Wildman–Crippen MR) is 80.6 cm³/mol. The number of hydrogen-bond donors (Lipinski definition) is 2. The van der Waals surface area contributed by atoms with E-state index < -0.39 is 0 Å². The molecule has 0 aliphatic heterocycles. The number of halogens is 3. The summed E-state index contributed by atoms with van der Waals surface area (Å²) in [5.41, 5.74) is 6.96. The molecule has 0 unspecified atom stereocenters. The molecule has 0 aliphatic carbocycles. The Kier molecular flexibility index (Phi) is 4.21. The minimum atomic E-state index is -0.383. The van der Waals surface area contributed by atoms with Gasteiger partial charge in [-0.15, -0.1) is 0 Å². The summed E-state index contributed by atoms with van der Waals surface area (Å²) >= 11 is 6.47. The maximum absolute atomic E-state index is 13.0. The molecule has 3 nitrogen and oxygen atoms in total. The number of nitrogens with one attached hydrogen (secondary N) is 1. The van der Waals surface area contributed by atoms with Crippen molar-refractivity contribution >= 4 is 49.1 Å². The van der Waals surface area contributed by atoms with Crippen LogP contribution in [0.3, 0.4) is 0 Å². The Bertz CT molecular complexity index is 647. The maximum Gasteiger partial charge on any atom is 0.257 e. The van der Waals surface area contributed by atoms with Crippen LogP contribution in [0.2, 0.25) is 0 Å². The van der Waals surface area contributed by atoms with E-state index in [4.69, 9.17) is 5.73 Å². The Morgan fingerprint density at radius 2 is 1.89 bits per heavy atom. The van der Waals surface area contributed by atoms with E-state index in [1.54, 1.807) is 18.2 Å². The fraction of sp³-hybridized carbons (Fsp3) is 0. The quantitative estimate of drug-likeness (QED) is 0.759. The van der Waals surface area contributed by atoms with E-state index in [0.29, 0.717) is 21.4 Å². The van der Waals surface area contributed by atoms with E-state index in [9.17, 15) is 9.18 Å². The summed E-state index contributed by atoms with van der Waals surface area (Å²) in [6.45, 7) is 0. The summed E-state index contributed by atoms with van der Waals surface area (Å²) in [7, 11) is 0. The normalized spacial score (nSPS) is 10.3. The molecule has 0 fully saturated rings. The van der Waals surface area contributed by atoms with E-state index >= 15 is 0 Å². The Morgan fingerprint density at radius 3 is 2.58 bits per heavy atom. The molecule has 0 aliphatic rings. The van der Waals surface area contributed by atoms with Crippen molar-refractivity contribution in [2.75, 3.05) is 11.1 Å². The molecule has 0 saturated heterocycles. The Balaban J connectivity index is 2.28. The van der Waals surface area contributed by atoms with Crippen LogP contribution in [0.4, 0.5) is 15.8 Å². The average molecular weight is 388 g/mol. The monoisotopic (exact) mass is 386 g/mol. The largest absolute Gasteiger partial charge is 0.398 e. The average Bonchev–Trinajstić information content (AvgIpc) is 2.35. The summed E-state index contributed by atoms with van der Waals surface area (Å²) < 4.78 is 14.2. The van der Waals surface area contributed by atoms with Gasteiger partial charge in [0, 0.05) is 14.6 Å². The smallest absolute Gasteiger partial charge is 0.257 e. The molecule has 98 valence electrons. The van der Waals surface area contributed by atoms with Gasteiger partial charge in [-0.2, -0.15) is 0 Å².